The van der Waals surface area contributed by atoms with Gasteiger partial charge in [0, 0.05) is 31.1 Å². The maximum atomic E-state index is 13.1. The van der Waals surface area contributed by atoms with E-state index in [1.165, 1.54) is 41.7 Å². The minimum absolute atomic E-state index is 0.0675. The van der Waals surface area contributed by atoms with Crippen molar-refractivity contribution in [1.82, 2.24) is 9.80 Å². The van der Waals surface area contributed by atoms with Gasteiger partial charge in [0.1, 0.15) is 5.82 Å². The Morgan fingerprint density at radius 1 is 0.912 bits per heavy atom. The lowest BCUT2D eigenvalue weighted by Crippen LogP contribution is -2.50. The number of hydrogen-bond acceptors (Lipinski definition) is 4. The number of nitrogens with zero attached hydrogens (tertiary/aromatic N) is 2. The fourth-order valence-electron chi connectivity index (χ4n) is 3.72. The Labute approximate surface area is 197 Å². The molecule has 10 heteroatoms. The fourth-order valence-corrected chi connectivity index (χ4v) is 4.70. The smallest absolute Gasteiger partial charge is 0.335 e. The standard InChI is InChI=1S/C24H21F4N3O2S/c25-17-7-5-16(6-8-17)20-9-10-21(34-20)23(33)31-13-11-30(12-14-31)15-22(32)29-19-4-2-1-3-18(19)24(26,27)28/h1-10H,11-15H2,(H,29,32). The van der Waals surface area contributed by atoms with Gasteiger partial charge in [-0.05, 0) is 42.0 Å². The van der Waals surface area contributed by atoms with E-state index in [-0.39, 0.29) is 24.0 Å². The molecule has 4 rings (SSSR count). The number of thiophene rings is 1. The SMILES string of the molecule is O=C(CN1CCN(C(=O)c2ccc(-c3ccc(F)cc3)s2)CC1)Nc1ccccc1C(F)(F)F. The predicted molar refractivity (Wildman–Crippen MR) is 122 cm³/mol. The molecule has 1 aliphatic heterocycles. The summed E-state index contributed by atoms with van der Waals surface area (Å²) < 4.78 is 52.5. The summed E-state index contributed by atoms with van der Waals surface area (Å²) in [5.41, 5.74) is -0.341. The topological polar surface area (TPSA) is 52.7 Å². The number of nitrogens with one attached hydrogen (secondary N) is 1. The van der Waals surface area contributed by atoms with Gasteiger partial charge in [-0.3, -0.25) is 14.5 Å². The highest BCUT2D eigenvalue weighted by atomic mass is 32.1. The summed E-state index contributed by atoms with van der Waals surface area (Å²) in [6, 6.07) is 14.5. The first-order valence-electron chi connectivity index (χ1n) is 10.5. The lowest BCUT2D eigenvalue weighted by atomic mass is 10.1. The number of amides is 2. The van der Waals surface area contributed by atoms with Gasteiger partial charge in [-0.25, -0.2) is 4.39 Å². The molecule has 1 saturated heterocycles. The van der Waals surface area contributed by atoms with Crippen molar-refractivity contribution in [3.63, 3.8) is 0 Å². The van der Waals surface area contributed by atoms with Crippen molar-refractivity contribution in [3.05, 3.63) is 76.9 Å². The zero-order valence-electron chi connectivity index (χ0n) is 17.9. The second kappa shape index (κ2) is 9.94. The Morgan fingerprint density at radius 3 is 2.26 bits per heavy atom. The molecule has 0 radical (unpaired) electrons. The van der Waals surface area contributed by atoms with Gasteiger partial charge in [0.25, 0.3) is 5.91 Å². The average molecular weight is 492 g/mol. The number of rotatable bonds is 5. The highest BCUT2D eigenvalue weighted by Gasteiger charge is 2.33. The van der Waals surface area contributed by atoms with E-state index >= 15 is 0 Å². The fraction of sp³-hybridized carbons (Fsp3) is 0.250. The molecule has 178 valence electrons. The number of benzene rings is 2. The number of anilines is 1. The summed E-state index contributed by atoms with van der Waals surface area (Å²) in [5, 5.41) is 2.34. The van der Waals surface area contributed by atoms with Gasteiger partial charge in [-0.15, -0.1) is 11.3 Å². The number of halogens is 4. The first-order chi connectivity index (χ1) is 16.2. The van der Waals surface area contributed by atoms with Crippen molar-refractivity contribution in [2.75, 3.05) is 38.0 Å². The van der Waals surface area contributed by atoms with Crippen LogP contribution in [0.25, 0.3) is 10.4 Å². The van der Waals surface area contributed by atoms with Crippen LogP contribution in [0, 0.1) is 5.82 Å². The van der Waals surface area contributed by atoms with Crippen molar-refractivity contribution in [1.29, 1.82) is 0 Å². The van der Waals surface area contributed by atoms with E-state index < -0.39 is 17.6 Å². The number of carbonyl (C=O) groups is 2. The molecule has 0 aliphatic carbocycles. The van der Waals surface area contributed by atoms with Crippen molar-refractivity contribution < 1.29 is 27.2 Å². The first kappa shape index (κ1) is 23.9. The lowest BCUT2D eigenvalue weighted by molar-refractivity contribution is -0.137. The number of piperazine rings is 1. The Bertz CT molecular complexity index is 1170. The van der Waals surface area contributed by atoms with Gasteiger partial charge in [0.2, 0.25) is 5.91 Å². The van der Waals surface area contributed by atoms with Gasteiger partial charge < -0.3 is 10.2 Å². The molecule has 1 fully saturated rings. The van der Waals surface area contributed by atoms with Crippen molar-refractivity contribution >= 4 is 28.8 Å². The van der Waals surface area contributed by atoms with E-state index in [1.54, 1.807) is 28.0 Å². The highest BCUT2D eigenvalue weighted by molar-refractivity contribution is 7.17. The third-order valence-corrected chi connectivity index (χ3v) is 6.60. The normalized spacial score (nSPS) is 14.8. The summed E-state index contributed by atoms with van der Waals surface area (Å²) in [7, 11) is 0. The van der Waals surface area contributed by atoms with E-state index in [2.05, 4.69) is 5.32 Å². The van der Waals surface area contributed by atoms with Crippen LogP contribution in [-0.2, 0) is 11.0 Å². The van der Waals surface area contributed by atoms with Crippen LogP contribution in [-0.4, -0.2) is 54.3 Å². The Kier molecular flexibility index (Phi) is 6.99. The van der Waals surface area contributed by atoms with Gasteiger partial charge in [-0.2, -0.15) is 13.2 Å². The van der Waals surface area contributed by atoms with E-state index in [1.807, 2.05) is 6.07 Å². The van der Waals surface area contributed by atoms with Crippen LogP contribution in [0.2, 0.25) is 0 Å². The maximum absolute atomic E-state index is 13.1. The second-order valence-electron chi connectivity index (χ2n) is 7.83. The molecule has 0 atom stereocenters. The molecule has 2 heterocycles. The molecular formula is C24H21F4N3O2S. The van der Waals surface area contributed by atoms with Crippen LogP contribution in [0.1, 0.15) is 15.2 Å². The average Bonchev–Trinajstić information content (AvgIpc) is 3.29. The molecule has 2 amide bonds. The van der Waals surface area contributed by atoms with Crippen LogP contribution >= 0.6 is 11.3 Å². The molecule has 5 nitrogen and oxygen atoms in total. The molecule has 0 saturated carbocycles. The Hall–Kier alpha value is -3.24. The lowest BCUT2D eigenvalue weighted by Gasteiger charge is -2.34. The minimum atomic E-state index is -4.56. The monoisotopic (exact) mass is 491 g/mol. The first-order valence-corrected chi connectivity index (χ1v) is 11.4. The number of alkyl halides is 3. The maximum Gasteiger partial charge on any atom is 0.418 e. The Balaban J connectivity index is 1.30. The summed E-state index contributed by atoms with van der Waals surface area (Å²) >= 11 is 1.33. The van der Waals surface area contributed by atoms with E-state index in [9.17, 15) is 27.2 Å². The largest absolute Gasteiger partial charge is 0.418 e. The zero-order chi connectivity index (χ0) is 24.3. The van der Waals surface area contributed by atoms with Gasteiger partial charge in [0.15, 0.2) is 0 Å². The van der Waals surface area contributed by atoms with Crippen molar-refractivity contribution in [2.45, 2.75) is 6.18 Å². The molecule has 1 aromatic heterocycles. The zero-order valence-corrected chi connectivity index (χ0v) is 18.8. The molecular weight excluding hydrogens is 470 g/mol. The highest BCUT2D eigenvalue weighted by Crippen LogP contribution is 2.34. The van der Waals surface area contributed by atoms with Crippen molar-refractivity contribution in [2.24, 2.45) is 0 Å². The third kappa shape index (κ3) is 5.63. The van der Waals surface area contributed by atoms with Crippen molar-refractivity contribution in [3.8, 4) is 10.4 Å². The molecule has 2 aromatic carbocycles. The molecule has 1 aliphatic rings. The quantitative estimate of drug-likeness (QED) is 0.513. The van der Waals surface area contributed by atoms with E-state index in [0.717, 1.165) is 16.5 Å². The van der Waals surface area contributed by atoms with E-state index in [4.69, 9.17) is 0 Å². The van der Waals surface area contributed by atoms with Crippen LogP contribution in [0.5, 0.6) is 0 Å². The Morgan fingerprint density at radius 2 is 1.59 bits per heavy atom. The molecule has 0 unspecified atom stereocenters. The molecule has 0 bridgehead atoms. The molecule has 0 spiro atoms. The van der Waals surface area contributed by atoms with Crippen LogP contribution in [0.15, 0.2) is 60.7 Å². The molecule has 34 heavy (non-hydrogen) atoms. The summed E-state index contributed by atoms with van der Waals surface area (Å²) in [6.07, 6.45) is -4.56. The number of para-hydroxylation sites is 1. The van der Waals surface area contributed by atoms with Crippen LogP contribution < -0.4 is 5.32 Å². The summed E-state index contributed by atoms with van der Waals surface area (Å²) in [5.74, 6) is -0.993. The second-order valence-corrected chi connectivity index (χ2v) is 8.91. The molecule has 3 aromatic rings. The summed E-state index contributed by atoms with van der Waals surface area (Å²) in [4.78, 5) is 30.1. The molecule has 1 N–H and O–H groups in total. The van der Waals surface area contributed by atoms with Gasteiger partial charge >= 0.3 is 6.18 Å². The summed E-state index contributed by atoms with van der Waals surface area (Å²) in [6.45, 7) is 1.58. The number of carbonyl (C=O) groups excluding carboxylic acids is 2. The van der Waals surface area contributed by atoms with Crippen LogP contribution in [0.3, 0.4) is 0 Å². The minimum Gasteiger partial charge on any atom is -0.335 e. The van der Waals surface area contributed by atoms with Crippen LogP contribution in [0.4, 0.5) is 23.2 Å². The van der Waals surface area contributed by atoms with Gasteiger partial charge in [0.05, 0.1) is 22.7 Å². The predicted octanol–water partition coefficient (Wildman–Crippen LogP) is 4.97. The third-order valence-electron chi connectivity index (χ3n) is 5.48. The number of hydrogen-bond donors (Lipinski definition) is 1. The van der Waals surface area contributed by atoms with E-state index in [0.29, 0.717) is 31.1 Å². The van der Waals surface area contributed by atoms with Gasteiger partial charge in [-0.1, -0.05) is 24.3 Å².